The summed E-state index contributed by atoms with van der Waals surface area (Å²) in [5.74, 6) is -2.19. The zero-order valence-electron chi connectivity index (χ0n) is 18.7. The zero-order valence-corrected chi connectivity index (χ0v) is 18.7. The van der Waals surface area contributed by atoms with Crippen molar-refractivity contribution in [2.45, 2.75) is 52.6 Å². The van der Waals surface area contributed by atoms with Crippen LogP contribution < -0.4 is 5.32 Å². The highest BCUT2D eigenvalue weighted by Crippen LogP contribution is 2.49. The minimum Gasteiger partial charge on any atom is -0.460 e. The largest absolute Gasteiger partial charge is 0.460 e. The van der Waals surface area contributed by atoms with Crippen LogP contribution >= 0.6 is 0 Å². The summed E-state index contributed by atoms with van der Waals surface area (Å²) in [5, 5.41) is 3.12. The van der Waals surface area contributed by atoms with Gasteiger partial charge in [-0.15, -0.1) is 0 Å². The van der Waals surface area contributed by atoms with Crippen LogP contribution in [0.25, 0.3) is 0 Å². The molecule has 1 N–H and O–H groups in total. The van der Waals surface area contributed by atoms with E-state index in [1.807, 2.05) is 13.8 Å². The van der Waals surface area contributed by atoms with Crippen LogP contribution in [0.3, 0.4) is 0 Å². The highest BCUT2D eigenvalue weighted by molar-refractivity contribution is 6.04. The third kappa shape index (κ3) is 4.90. The van der Waals surface area contributed by atoms with Gasteiger partial charge >= 0.3 is 12.1 Å². The minimum atomic E-state index is -4.64. The number of nitrogens with one attached hydrogen (secondary N) is 1. The molecule has 0 aromatic heterocycles. The molecule has 0 fully saturated rings. The average molecular weight is 451 g/mol. The molecule has 0 spiro atoms. The van der Waals surface area contributed by atoms with Crippen molar-refractivity contribution < 1.29 is 32.2 Å². The molecule has 2 aliphatic rings. The topological polar surface area (TPSA) is 64.6 Å². The maximum atomic E-state index is 13.9. The summed E-state index contributed by atoms with van der Waals surface area (Å²) >= 11 is 0. The molecule has 3 rings (SSSR count). The van der Waals surface area contributed by atoms with Gasteiger partial charge in [-0.3, -0.25) is 4.79 Å². The van der Waals surface area contributed by atoms with Gasteiger partial charge in [-0.25, -0.2) is 4.79 Å². The summed E-state index contributed by atoms with van der Waals surface area (Å²) in [6.45, 7) is 7.88. The van der Waals surface area contributed by atoms with E-state index in [0.717, 1.165) is 6.07 Å². The van der Waals surface area contributed by atoms with E-state index in [4.69, 9.17) is 9.47 Å². The second-order valence-electron chi connectivity index (χ2n) is 8.85. The van der Waals surface area contributed by atoms with Gasteiger partial charge < -0.3 is 14.8 Å². The fourth-order valence-corrected chi connectivity index (χ4v) is 4.44. The number of ether oxygens (including phenoxy) is 2. The van der Waals surface area contributed by atoms with Gasteiger partial charge in [0.15, 0.2) is 5.78 Å². The molecule has 1 atom stereocenters. The van der Waals surface area contributed by atoms with Crippen molar-refractivity contribution in [2.75, 3.05) is 19.8 Å². The van der Waals surface area contributed by atoms with Crippen LogP contribution in [-0.2, 0) is 25.2 Å². The van der Waals surface area contributed by atoms with Crippen LogP contribution in [0.1, 0.15) is 57.6 Å². The second kappa shape index (κ2) is 9.10. The number of carbonyl (C=O) groups excluding carboxylic acids is 2. The number of dihydropyridines is 1. The lowest BCUT2D eigenvalue weighted by Crippen LogP contribution is -2.39. The number of esters is 1. The Labute approximate surface area is 185 Å². The fraction of sp³-hybridized carbons (Fsp3) is 0.500. The Balaban J connectivity index is 2.14. The number of hydrogen-bond donors (Lipinski definition) is 1. The molecule has 1 aliphatic heterocycles. The van der Waals surface area contributed by atoms with E-state index >= 15 is 0 Å². The molecular weight excluding hydrogens is 423 g/mol. The van der Waals surface area contributed by atoms with Crippen LogP contribution in [0.2, 0.25) is 0 Å². The van der Waals surface area contributed by atoms with E-state index in [0.29, 0.717) is 24.4 Å². The number of alkyl halides is 3. The molecule has 5 nitrogen and oxygen atoms in total. The molecule has 1 aromatic rings. The molecule has 0 saturated heterocycles. The Morgan fingerprint density at radius 3 is 2.53 bits per heavy atom. The number of rotatable bonds is 6. The van der Waals surface area contributed by atoms with Crippen LogP contribution in [0.4, 0.5) is 13.2 Å². The van der Waals surface area contributed by atoms with Crippen molar-refractivity contribution in [1.29, 1.82) is 0 Å². The first kappa shape index (κ1) is 24.0. The van der Waals surface area contributed by atoms with E-state index in [1.54, 1.807) is 13.8 Å². The number of allylic oxidation sites excluding steroid dienone is 3. The maximum absolute atomic E-state index is 13.9. The first-order chi connectivity index (χ1) is 15.0. The zero-order chi connectivity index (χ0) is 23.7. The summed E-state index contributed by atoms with van der Waals surface area (Å²) in [6.07, 6.45) is -3.97. The number of hydrogen-bond acceptors (Lipinski definition) is 5. The Kier molecular flexibility index (Phi) is 6.83. The van der Waals surface area contributed by atoms with Crippen molar-refractivity contribution in [3.63, 3.8) is 0 Å². The average Bonchev–Trinajstić information content (AvgIpc) is 2.68. The SMILES string of the molecule is CCOCCOC(=O)C1=C(C)NC2=C(C(=O)CC(C)(C)C2)C1c1ccccc1C(F)(F)F. The van der Waals surface area contributed by atoms with Gasteiger partial charge in [0.05, 0.1) is 17.7 Å². The molecule has 8 heteroatoms. The first-order valence-electron chi connectivity index (χ1n) is 10.6. The molecule has 1 aromatic carbocycles. The molecular formula is C24H28F3NO4. The third-order valence-electron chi connectivity index (χ3n) is 5.70. The Bertz CT molecular complexity index is 976. The smallest absolute Gasteiger partial charge is 0.416 e. The van der Waals surface area contributed by atoms with Crippen LogP contribution in [-0.4, -0.2) is 31.6 Å². The van der Waals surface area contributed by atoms with Gasteiger partial charge in [-0.2, -0.15) is 13.2 Å². The lowest BCUT2D eigenvalue weighted by atomic mass is 9.68. The standard InChI is InChI=1S/C24H28F3NO4/c1-5-31-10-11-32-22(30)19-14(2)28-17-12-23(3,4)13-18(29)21(17)20(19)15-8-6-7-9-16(15)24(25,26)27/h6-9,20,28H,5,10-13H2,1-4H3. The number of halogens is 3. The van der Waals surface area contributed by atoms with Crippen molar-refractivity contribution in [2.24, 2.45) is 5.41 Å². The lowest BCUT2D eigenvalue weighted by molar-refractivity contribution is -0.142. The summed E-state index contributed by atoms with van der Waals surface area (Å²) in [5.41, 5.74) is -0.156. The van der Waals surface area contributed by atoms with Crippen LogP contribution in [0.15, 0.2) is 46.8 Å². The molecule has 1 heterocycles. The molecule has 174 valence electrons. The first-order valence-corrected chi connectivity index (χ1v) is 10.6. The Morgan fingerprint density at radius 2 is 1.88 bits per heavy atom. The minimum absolute atomic E-state index is 0.0185. The van der Waals surface area contributed by atoms with Crippen molar-refractivity contribution in [3.05, 3.63) is 57.9 Å². The number of ketones is 1. The molecule has 0 saturated carbocycles. The molecule has 0 radical (unpaired) electrons. The highest BCUT2D eigenvalue weighted by Gasteiger charge is 2.46. The van der Waals surface area contributed by atoms with Gasteiger partial charge in [-0.05, 0) is 37.3 Å². The van der Waals surface area contributed by atoms with Crippen LogP contribution in [0, 0.1) is 5.41 Å². The van der Waals surface area contributed by atoms with Crippen LogP contribution in [0.5, 0.6) is 0 Å². The summed E-state index contributed by atoms with van der Waals surface area (Å²) < 4.78 is 52.2. The molecule has 0 amide bonds. The molecule has 1 aliphatic carbocycles. The highest BCUT2D eigenvalue weighted by atomic mass is 19.4. The predicted octanol–water partition coefficient (Wildman–Crippen LogP) is 4.89. The monoisotopic (exact) mass is 451 g/mol. The summed E-state index contributed by atoms with van der Waals surface area (Å²) in [4.78, 5) is 26.2. The maximum Gasteiger partial charge on any atom is 0.416 e. The number of carbonyl (C=O) groups is 2. The molecule has 0 bridgehead atoms. The summed E-state index contributed by atoms with van der Waals surface area (Å²) in [7, 11) is 0. The summed E-state index contributed by atoms with van der Waals surface area (Å²) in [6, 6.07) is 5.09. The predicted molar refractivity (Wildman–Crippen MR) is 113 cm³/mol. The van der Waals surface area contributed by atoms with E-state index < -0.39 is 23.6 Å². The quantitative estimate of drug-likeness (QED) is 0.493. The lowest BCUT2D eigenvalue weighted by Gasteiger charge is -2.40. The molecule has 32 heavy (non-hydrogen) atoms. The van der Waals surface area contributed by atoms with Gasteiger partial charge in [0.25, 0.3) is 0 Å². The second-order valence-corrected chi connectivity index (χ2v) is 8.85. The van der Waals surface area contributed by atoms with Gasteiger partial charge in [0, 0.05) is 35.9 Å². The van der Waals surface area contributed by atoms with E-state index in [-0.39, 0.29) is 47.5 Å². The van der Waals surface area contributed by atoms with Gasteiger partial charge in [-0.1, -0.05) is 32.0 Å². The van der Waals surface area contributed by atoms with Gasteiger partial charge in [0.2, 0.25) is 0 Å². The van der Waals surface area contributed by atoms with Crippen molar-refractivity contribution in [3.8, 4) is 0 Å². The molecule has 1 unspecified atom stereocenters. The van der Waals surface area contributed by atoms with Crippen molar-refractivity contribution in [1.82, 2.24) is 5.32 Å². The normalized spacial score (nSPS) is 20.7. The Morgan fingerprint density at radius 1 is 1.19 bits per heavy atom. The Hall–Kier alpha value is -2.61. The third-order valence-corrected chi connectivity index (χ3v) is 5.70. The number of benzene rings is 1. The van der Waals surface area contributed by atoms with Gasteiger partial charge in [0.1, 0.15) is 6.61 Å². The number of Topliss-reactive ketones (excluding diaryl/α,β-unsaturated/α-hetero) is 1. The fourth-order valence-electron chi connectivity index (χ4n) is 4.44. The van der Waals surface area contributed by atoms with Crippen molar-refractivity contribution >= 4 is 11.8 Å². The van der Waals surface area contributed by atoms with E-state index in [2.05, 4.69) is 5.32 Å². The van der Waals surface area contributed by atoms with E-state index in [1.165, 1.54) is 18.2 Å². The van der Waals surface area contributed by atoms with E-state index in [9.17, 15) is 22.8 Å².